The third-order valence-electron chi connectivity index (χ3n) is 4.09. The van der Waals surface area contributed by atoms with Crippen LogP contribution in [-0.2, 0) is 9.59 Å². The maximum absolute atomic E-state index is 13.6. The van der Waals surface area contributed by atoms with E-state index < -0.39 is 35.2 Å². The number of carbonyl (C=O) groups is 3. The molecule has 1 saturated heterocycles. The van der Waals surface area contributed by atoms with Crippen molar-refractivity contribution in [3.63, 3.8) is 0 Å². The minimum atomic E-state index is -0.950. The van der Waals surface area contributed by atoms with E-state index in [4.69, 9.17) is 0 Å². The Morgan fingerprint density at radius 3 is 2.45 bits per heavy atom. The Hall–Kier alpha value is -3.20. The van der Waals surface area contributed by atoms with Gasteiger partial charge in [0.1, 0.15) is 18.2 Å². The number of rotatable bonds is 5. The van der Waals surface area contributed by atoms with Crippen LogP contribution in [0.4, 0.5) is 25.0 Å². The summed E-state index contributed by atoms with van der Waals surface area (Å²) in [5, 5.41) is 1.63. The van der Waals surface area contributed by atoms with E-state index in [1.807, 2.05) is 43.3 Å². The Morgan fingerprint density at radius 2 is 1.83 bits per heavy atom. The highest BCUT2D eigenvalue weighted by atomic mass is 32.2. The van der Waals surface area contributed by atoms with Gasteiger partial charge < -0.3 is 10.2 Å². The molecule has 1 fully saturated rings. The van der Waals surface area contributed by atoms with Crippen LogP contribution in [0, 0.1) is 11.6 Å². The van der Waals surface area contributed by atoms with E-state index in [0.717, 1.165) is 40.0 Å². The van der Waals surface area contributed by atoms with Gasteiger partial charge >= 0.3 is 0 Å². The van der Waals surface area contributed by atoms with Crippen LogP contribution in [-0.4, -0.2) is 42.6 Å². The molecule has 0 unspecified atom stereocenters. The molecule has 1 aliphatic rings. The lowest BCUT2D eigenvalue weighted by Crippen LogP contribution is -2.36. The predicted octanol–water partition coefficient (Wildman–Crippen LogP) is 3.71. The van der Waals surface area contributed by atoms with Crippen LogP contribution < -0.4 is 10.2 Å². The maximum atomic E-state index is 13.6. The molecule has 0 saturated carbocycles. The van der Waals surface area contributed by atoms with Crippen molar-refractivity contribution in [3.05, 3.63) is 64.6 Å². The molecule has 1 heterocycles. The lowest BCUT2D eigenvalue weighted by molar-refractivity contribution is -0.127. The fourth-order valence-corrected chi connectivity index (χ4v) is 3.42. The standard InChI is InChI=1S/C20H17F2N3O3S/c1-24(2)14-6-3-12(4-7-14)9-17-19(27)25(20(28)29-17)11-18(26)23-16-8-5-13(21)10-15(16)22/h3-10H,11H2,1-2H3,(H,23,26)/b17-9+. The van der Waals surface area contributed by atoms with E-state index in [9.17, 15) is 23.2 Å². The van der Waals surface area contributed by atoms with E-state index in [0.29, 0.717) is 6.07 Å². The number of benzene rings is 2. The number of amides is 3. The molecule has 0 atom stereocenters. The summed E-state index contributed by atoms with van der Waals surface area (Å²) in [6.07, 6.45) is 1.57. The Kier molecular flexibility index (Phi) is 5.97. The molecule has 0 aliphatic carbocycles. The molecular formula is C20H17F2N3O3S. The van der Waals surface area contributed by atoms with Gasteiger partial charge in [0.25, 0.3) is 11.1 Å². The first-order valence-corrected chi connectivity index (χ1v) is 9.34. The topological polar surface area (TPSA) is 69.7 Å². The molecule has 9 heteroatoms. The van der Waals surface area contributed by atoms with Gasteiger partial charge in [-0.15, -0.1) is 0 Å². The second-order valence-electron chi connectivity index (χ2n) is 6.43. The summed E-state index contributed by atoms with van der Waals surface area (Å²) in [4.78, 5) is 39.7. The molecule has 150 valence electrons. The predicted molar refractivity (Wildman–Crippen MR) is 108 cm³/mol. The third-order valence-corrected chi connectivity index (χ3v) is 5.00. The molecule has 1 aliphatic heterocycles. The van der Waals surface area contributed by atoms with Crippen molar-refractivity contribution in [2.24, 2.45) is 0 Å². The number of nitrogens with zero attached hydrogens (tertiary/aromatic N) is 2. The quantitative estimate of drug-likeness (QED) is 0.752. The number of thioether (sulfide) groups is 1. The Labute approximate surface area is 170 Å². The monoisotopic (exact) mass is 417 g/mol. The summed E-state index contributed by atoms with van der Waals surface area (Å²) in [5.41, 5.74) is 1.48. The fourth-order valence-electron chi connectivity index (χ4n) is 2.58. The van der Waals surface area contributed by atoms with Crippen LogP contribution in [0.2, 0.25) is 0 Å². The third kappa shape index (κ3) is 4.80. The molecule has 2 aromatic carbocycles. The number of halogens is 2. The van der Waals surface area contributed by atoms with Crippen LogP contribution in [0.3, 0.4) is 0 Å². The largest absolute Gasteiger partial charge is 0.378 e. The van der Waals surface area contributed by atoms with E-state index >= 15 is 0 Å². The first kappa shape index (κ1) is 20.5. The van der Waals surface area contributed by atoms with Gasteiger partial charge in [0.05, 0.1) is 10.6 Å². The molecule has 0 spiro atoms. The lowest BCUT2D eigenvalue weighted by Gasteiger charge is -2.13. The van der Waals surface area contributed by atoms with Gasteiger partial charge in [0.15, 0.2) is 0 Å². The summed E-state index contributed by atoms with van der Waals surface area (Å²) in [6.45, 7) is -0.571. The number of carbonyl (C=O) groups excluding carboxylic acids is 3. The van der Waals surface area contributed by atoms with Gasteiger partial charge in [-0.05, 0) is 47.7 Å². The van der Waals surface area contributed by atoms with Crippen LogP contribution in [0.5, 0.6) is 0 Å². The van der Waals surface area contributed by atoms with Crippen molar-refractivity contribution < 1.29 is 23.2 Å². The lowest BCUT2D eigenvalue weighted by atomic mass is 10.2. The molecular weight excluding hydrogens is 400 g/mol. The molecule has 3 amide bonds. The highest BCUT2D eigenvalue weighted by Crippen LogP contribution is 2.32. The molecule has 0 radical (unpaired) electrons. The highest BCUT2D eigenvalue weighted by molar-refractivity contribution is 8.18. The van der Waals surface area contributed by atoms with Crippen molar-refractivity contribution in [3.8, 4) is 0 Å². The second kappa shape index (κ2) is 8.44. The number of nitrogens with one attached hydrogen (secondary N) is 1. The van der Waals surface area contributed by atoms with E-state index in [-0.39, 0.29) is 10.6 Å². The minimum absolute atomic E-state index is 0.188. The van der Waals surface area contributed by atoms with Crippen LogP contribution >= 0.6 is 11.8 Å². The van der Waals surface area contributed by atoms with Gasteiger partial charge in [0.2, 0.25) is 5.91 Å². The number of hydrogen-bond acceptors (Lipinski definition) is 5. The van der Waals surface area contributed by atoms with E-state index in [1.54, 1.807) is 6.08 Å². The molecule has 0 bridgehead atoms. The average molecular weight is 417 g/mol. The first-order chi connectivity index (χ1) is 13.7. The van der Waals surface area contributed by atoms with Crippen molar-refractivity contribution in [2.75, 3.05) is 30.9 Å². The Morgan fingerprint density at radius 1 is 1.14 bits per heavy atom. The number of hydrogen-bond donors (Lipinski definition) is 1. The zero-order valence-corrected chi connectivity index (χ0v) is 16.4. The highest BCUT2D eigenvalue weighted by Gasteiger charge is 2.36. The van der Waals surface area contributed by atoms with Crippen molar-refractivity contribution in [2.45, 2.75) is 0 Å². The van der Waals surface area contributed by atoms with E-state index in [1.165, 1.54) is 0 Å². The molecule has 2 aromatic rings. The molecule has 6 nitrogen and oxygen atoms in total. The maximum Gasteiger partial charge on any atom is 0.294 e. The van der Waals surface area contributed by atoms with Crippen LogP contribution in [0.15, 0.2) is 47.4 Å². The molecule has 1 N–H and O–H groups in total. The van der Waals surface area contributed by atoms with Crippen molar-refractivity contribution in [1.29, 1.82) is 0 Å². The molecule has 0 aromatic heterocycles. The Balaban J connectivity index is 1.69. The van der Waals surface area contributed by atoms with Gasteiger partial charge in [-0.1, -0.05) is 12.1 Å². The van der Waals surface area contributed by atoms with Crippen LogP contribution in [0.1, 0.15) is 5.56 Å². The average Bonchev–Trinajstić information content (AvgIpc) is 2.92. The SMILES string of the molecule is CN(C)c1ccc(/C=C2/SC(=O)N(CC(=O)Nc3ccc(F)cc3F)C2=O)cc1. The Bertz CT molecular complexity index is 1010. The number of anilines is 2. The number of imide groups is 1. The summed E-state index contributed by atoms with van der Waals surface area (Å²) < 4.78 is 26.6. The summed E-state index contributed by atoms with van der Waals surface area (Å²) in [7, 11) is 3.81. The zero-order valence-electron chi connectivity index (χ0n) is 15.6. The van der Waals surface area contributed by atoms with Gasteiger partial charge in [-0.2, -0.15) is 0 Å². The van der Waals surface area contributed by atoms with Crippen molar-refractivity contribution in [1.82, 2.24) is 4.90 Å². The second-order valence-corrected chi connectivity index (χ2v) is 7.42. The zero-order chi connectivity index (χ0) is 21.1. The first-order valence-electron chi connectivity index (χ1n) is 8.52. The summed E-state index contributed by atoms with van der Waals surface area (Å²) in [5.74, 6) is -3.11. The van der Waals surface area contributed by atoms with Gasteiger partial charge in [0, 0.05) is 25.8 Å². The minimum Gasteiger partial charge on any atom is -0.378 e. The molecule has 29 heavy (non-hydrogen) atoms. The fraction of sp³-hybridized carbons (Fsp3) is 0.150. The summed E-state index contributed by atoms with van der Waals surface area (Å²) >= 11 is 0.725. The van der Waals surface area contributed by atoms with Crippen LogP contribution in [0.25, 0.3) is 6.08 Å². The van der Waals surface area contributed by atoms with E-state index in [2.05, 4.69) is 5.32 Å². The summed E-state index contributed by atoms with van der Waals surface area (Å²) in [6, 6.07) is 10.1. The molecule has 3 rings (SSSR count). The smallest absolute Gasteiger partial charge is 0.294 e. The normalized spacial score (nSPS) is 15.2. The van der Waals surface area contributed by atoms with Gasteiger partial charge in [-0.25, -0.2) is 8.78 Å². The van der Waals surface area contributed by atoms with Gasteiger partial charge in [-0.3, -0.25) is 19.3 Å². The van der Waals surface area contributed by atoms with Crippen molar-refractivity contribution >= 4 is 46.3 Å².